The SMILES string of the molecule is CC(C)CC(c1ccc2c(cnn2-c2ccc(F)cc2)c1)C(C)(C)C(=O)F. The Balaban J connectivity index is 2.05. The fraction of sp³-hybridized carbons (Fsp3) is 0.364. The molecule has 27 heavy (non-hydrogen) atoms. The summed E-state index contributed by atoms with van der Waals surface area (Å²) in [6, 6.07) is 10.7. The van der Waals surface area contributed by atoms with Crippen LogP contribution in [0.2, 0.25) is 0 Å². The van der Waals surface area contributed by atoms with E-state index in [1.165, 1.54) is 12.1 Å². The Labute approximate surface area is 158 Å². The molecule has 1 heterocycles. The van der Waals surface area contributed by atoms with Crippen molar-refractivity contribution in [2.75, 3.05) is 0 Å². The molecule has 0 aliphatic carbocycles. The van der Waals surface area contributed by atoms with Gasteiger partial charge in [-0.05, 0) is 74.1 Å². The summed E-state index contributed by atoms with van der Waals surface area (Å²) in [7, 11) is 0. The molecule has 0 saturated heterocycles. The van der Waals surface area contributed by atoms with Crippen molar-refractivity contribution >= 4 is 16.9 Å². The van der Waals surface area contributed by atoms with Gasteiger partial charge >= 0.3 is 6.04 Å². The van der Waals surface area contributed by atoms with E-state index in [4.69, 9.17) is 0 Å². The molecule has 0 bridgehead atoms. The van der Waals surface area contributed by atoms with Gasteiger partial charge in [0.1, 0.15) is 5.82 Å². The lowest BCUT2D eigenvalue weighted by Crippen LogP contribution is -2.30. The average molecular weight is 370 g/mol. The first-order valence-corrected chi connectivity index (χ1v) is 9.13. The van der Waals surface area contributed by atoms with Gasteiger partial charge in [-0.25, -0.2) is 9.07 Å². The number of nitrogens with zero attached hydrogens (tertiary/aromatic N) is 2. The molecule has 0 spiro atoms. The van der Waals surface area contributed by atoms with Gasteiger partial charge in [-0.15, -0.1) is 0 Å². The summed E-state index contributed by atoms with van der Waals surface area (Å²) in [6.07, 6.45) is 2.44. The summed E-state index contributed by atoms with van der Waals surface area (Å²) in [5.41, 5.74) is 1.46. The highest BCUT2D eigenvalue weighted by atomic mass is 19.1. The largest absolute Gasteiger partial charge is 0.307 e. The summed E-state index contributed by atoms with van der Waals surface area (Å²) < 4.78 is 28.7. The molecule has 0 N–H and O–H groups in total. The Kier molecular flexibility index (Phi) is 5.13. The Hall–Kier alpha value is -2.56. The standard InChI is InChI=1S/C22H24F2N2O/c1-14(2)11-19(22(3,4)21(24)27)15-5-10-20-16(12-15)13-25-26(20)18-8-6-17(23)7-9-18/h5-10,12-14,19H,11H2,1-4H3. The molecule has 1 unspecified atom stereocenters. The van der Waals surface area contributed by atoms with Gasteiger partial charge in [-0.2, -0.15) is 9.49 Å². The lowest BCUT2D eigenvalue weighted by atomic mass is 9.71. The van der Waals surface area contributed by atoms with Crippen LogP contribution in [0.25, 0.3) is 16.6 Å². The van der Waals surface area contributed by atoms with Crippen LogP contribution in [0, 0.1) is 17.2 Å². The number of carbonyl (C=O) groups excluding carboxylic acids is 1. The fourth-order valence-corrected chi connectivity index (χ4v) is 3.51. The number of aromatic nitrogens is 2. The molecule has 0 aliphatic rings. The monoisotopic (exact) mass is 370 g/mol. The average Bonchev–Trinajstić information content (AvgIpc) is 3.03. The number of hydrogen-bond acceptors (Lipinski definition) is 2. The number of benzene rings is 2. The van der Waals surface area contributed by atoms with E-state index in [9.17, 15) is 13.6 Å². The van der Waals surface area contributed by atoms with Gasteiger partial charge in [0.2, 0.25) is 0 Å². The van der Waals surface area contributed by atoms with Crippen LogP contribution in [-0.4, -0.2) is 15.8 Å². The van der Waals surface area contributed by atoms with Crippen molar-refractivity contribution in [3.63, 3.8) is 0 Å². The van der Waals surface area contributed by atoms with Crippen LogP contribution < -0.4 is 0 Å². The highest BCUT2D eigenvalue weighted by Crippen LogP contribution is 2.42. The maximum Gasteiger partial charge on any atom is 0.307 e. The highest BCUT2D eigenvalue weighted by Gasteiger charge is 2.38. The number of halogens is 2. The molecule has 0 amide bonds. The van der Waals surface area contributed by atoms with Crippen molar-refractivity contribution in [3.8, 4) is 5.69 Å². The summed E-state index contributed by atoms with van der Waals surface area (Å²) in [5.74, 6) is -0.202. The molecular weight excluding hydrogens is 346 g/mol. The predicted octanol–water partition coefficient (Wildman–Crippen LogP) is 5.82. The first kappa shape index (κ1) is 19.2. The maximum atomic E-state index is 13.8. The first-order chi connectivity index (χ1) is 12.7. The third kappa shape index (κ3) is 3.77. The molecule has 0 aliphatic heterocycles. The van der Waals surface area contributed by atoms with Crippen LogP contribution >= 0.6 is 0 Å². The minimum absolute atomic E-state index is 0.228. The Morgan fingerprint density at radius 3 is 2.41 bits per heavy atom. The smallest absolute Gasteiger partial charge is 0.261 e. The third-order valence-corrected chi connectivity index (χ3v) is 5.15. The van der Waals surface area contributed by atoms with Gasteiger partial charge in [-0.1, -0.05) is 19.9 Å². The van der Waals surface area contributed by atoms with E-state index >= 15 is 0 Å². The molecule has 3 nitrogen and oxygen atoms in total. The van der Waals surface area contributed by atoms with Gasteiger partial charge in [0.15, 0.2) is 0 Å². The summed E-state index contributed by atoms with van der Waals surface area (Å²) in [4.78, 5) is 11.6. The van der Waals surface area contributed by atoms with Gasteiger partial charge in [-0.3, -0.25) is 4.79 Å². The molecule has 0 saturated carbocycles. The van der Waals surface area contributed by atoms with Gasteiger partial charge < -0.3 is 0 Å². The number of fused-ring (bicyclic) bond motifs is 1. The van der Waals surface area contributed by atoms with E-state index in [1.807, 2.05) is 18.2 Å². The molecule has 3 aromatic rings. The van der Waals surface area contributed by atoms with Gasteiger partial charge in [0.25, 0.3) is 0 Å². The van der Waals surface area contributed by atoms with Crippen LogP contribution in [-0.2, 0) is 4.79 Å². The summed E-state index contributed by atoms with van der Waals surface area (Å²) >= 11 is 0. The second-order valence-corrected chi connectivity index (χ2v) is 8.03. The number of rotatable bonds is 6. The van der Waals surface area contributed by atoms with Crippen LogP contribution in [0.4, 0.5) is 8.78 Å². The lowest BCUT2D eigenvalue weighted by molar-refractivity contribution is -0.139. The van der Waals surface area contributed by atoms with Gasteiger partial charge in [0, 0.05) is 5.39 Å². The zero-order chi connectivity index (χ0) is 19.8. The molecule has 0 fully saturated rings. The van der Waals surface area contributed by atoms with Crippen molar-refractivity contribution in [2.45, 2.75) is 40.0 Å². The highest BCUT2D eigenvalue weighted by molar-refractivity contribution is 5.82. The quantitative estimate of drug-likeness (QED) is 0.513. The van der Waals surface area contributed by atoms with Crippen LogP contribution in [0.1, 0.15) is 45.6 Å². The lowest BCUT2D eigenvalue weighted by Gasteiger charge is -2.32. The van der Waals surface area contributed by atoms with Crippen molar-refractivity contribution < 1.29 is 13.6 Å². The third-order valence-electron chi connectivity index (χ3n) is 5.15. The molecule has 0 radical (unpaired) electrons. The minimum Gasteiger partial charge on any atom is -0.261 e. The molecule has 1 aromatic heterocycles. The van der Waals surface area contributed by atoms with E-state index in [0.717, 1.165) is 22.2 Å². The molecule has 2 aromatic carbocycles. The van der Waals surface area contributed by atoms with Crippen molar-refractivity contribution in [1.82, 2.24) is 9.78 Å². The van der Waals surface area contributed by atoms with E-state index in [-0.39, 0.29) is 11.7 Å². The second-order valence-electron chi connectivity index (χ2n) is 8.03. The normalized spacial score (nSPS) is 13.3. The first-order valence-electron chi connectivity index (χ1n) is 9.13. The molecular formula is C22H24F2N2O. The van der Waals surface area contributed by atoms with Crippen LogP contribution in [0.5, 0.6) is 0 Å². The fourth-order valence-electron chi connectivity index (χ4n) is 3.51. The Bertz CT molecular complexity index is 958. The van der Waals surface area contributed by atoms with Gasteiger partial charge in [0.05, 0.1) is 22.8 Å². The van der Waals surface area contributed by atoms with E-state index in [2.05, 4.69) is 18.9 Å². The van der Waals surface area contributed by atoms with Crippen molar-refractivity contribution in [2.24, 2.45) is 11.3 Å². The maximum absolute atomic E-state index is 13.8. The Morgan fingerprint density at radius 2 is 1.81 bits per heavy atom. The Morgan fingerprint density at radius 1 is 1.15 bits per heavy atom. The number of hydrogen-bond donors (Lipinski definition) is 0. The predicted molar refractivity (Wildman–Crippen MR) is 103 cm³/mol. The topological polar surface area (TPSA) is 34.9 Å². The molecule has 5 heteroatoms. The molecule has 1 atom stereocenters. The van der Waals surface area contributed by atoms with E-state index < -0.39 is 11.5 Å². The zero-order valence-corrected chi connectivity index (χ0v) is 16.0. The van der Waals surface area contributed by atoms with Crippen LogP contribution in [0.15, 0.2) is 48.7 Å². The van der Waals surface area contributed by atoms with Crippen molar-refractivity contribution in [3.05, 3.63) is 60.0 Å². The van der Waals surface area contributed by atoms with Crippen LogP contribution in [0.3, 0.4) is 0 Å². The second kappa shape index (κ2) is 7.22. The summed E-state index contributed by atoms with van der Waals surface area (Å²) in [6.45, 7) is 7.46. The van der Waals surface area contributed by atoms with Crippen molar-refractivity contribution in [1.29, 1.82) is 0 Å². The molecule has 3 rings (SSSR count). The minimum atomic E-state index is -1.30. The van der Waals surface area contributed by atoms with E-state index in [1.54, 1.807) is 36.9 Å². The summed E-state index contributed by atoms with van der Waals surface area (Å²) in [5, 5.41) is 5.30. The number of carbonyl (C=O) groups is 1. The zero-order valence-electron chi connectivity index (χ0n) is 16.0. The van der Waals surface area contributed by atoms with E-state index in [0.29, 0.717) is 12.3 Å². The molecule has 142 valence electrons.